The summed E-state index contributed by atoms with van der Waals surface area (Å²) in [5.74, 6) is -0.346. The van der Waals surface area contributed by atoms with Crippen molar-refractivity contribution >= 4 is 29.7 Å². The predicted molar refractivity (Wildman–Crippen MR) is 137 cm³/mol. The number of nitrogens with one attached hydrogen (secondary N) is 1. The highest BCUT2D eigenvalue weighted by molar-refractivity contribution is 7.98. The van der Waals surface area contributed by atoms with E-state index in [9.17, 15) is 14.4 Å². The number of rotatable bonds is 10. The number of aliphatic carboxylic acids is 1. The fourth-order valence-corrected chi connectivity index (χ4v) is 5.66. The molecule has 4 rings (SSSR count). The van der Waals surface area contributed by atoms with Gasteiger partial charge in [0, 0.05) is 24.9 Å². The second kappa shape index (κ2) is 11.6. The van der Waals surface area contributed by atoms with Gasteiger partial charge in [0.25, 0.3) is 0 Å². The van der Waals surface area contributed by atoms with E-state index >= 15 is 0 Å². The molecule has 8 heteroatoms. The van der Waals surface area contributed by atoms with Crippen LogP contribution in [-0.4, -0.2) is 65.2 Å². The average Bonchev–Trinajstić information content (AvgIpc) is 3.46. The van der Waals surface area contributed by atoms with Crippen LogP contribution in [0.3, 0.4) is 0 Å². The molecule has 7 nitrogen and oxygen atoms in total. The van der Waals surface area contributed by atoms with Gasteiger partial charge in [0.15, 0.2) is 0 Å². The van der Waals surface area contributed by atoms with Gasteiger partial charge in [-0.1, -0.05) is 48.5 Å². The number of amides is 2. The Bertz CT molecular complexity index is 1030. The number of carbonyl (C=O) groups is 3. The van der Waals surface area contributed by atoms with Crippen molar-refractivity contribution in [1.82, 2.24) is 10.2 Å². The molecule has 0 saturated carbocycles. The number of fused-ring (bicyclic) bond motifs is 3. The summed E-state index contributed by atoms with van der Waals surface area (Å²) >= 11 is 1.61. The topological polar surface area (TPSA) is 95.9 Å². The minimum atomic E-state index is -0.861. The summed E-state index contributed by atoms with van der Waals surface area (Å²) in [6.45, 7) is 0.777. The van der Waals surface area contributed by atoms with E-state index in [2.05, 4.69) is 29.6 Å². The molecular weight excluding hydrogens is 464 g/mol. The standard InChI is InChI=1S/C27H32N2O5S/c1-35-16-14-24(26(32)29-15-6-7-18(29)12-13-25(30)31)28-27(33)34-17-23-21-10-4-2-8-19(21)20-9-3-5-11-22(20)23/h2-5,8-11,18,23-24H,6-7,12-17H2,1H3,(H,28,33)(H,30,31)/t18?,24-/m1/s1. The van der Waals surface area contributed by atoms with Crippen LogP contribution in [0.15, 0.2) is 48.5 Å². The zero-order valence-electron chi connectivity index (χ0n) is 19.9. The van der Waals surface area contributed by atoms with Gasteiger partial charge >= 0.3 is 12.1 Å². The van der Waals surface area contributed by atoms with Crippen LogP contribution in [0.5, 0.6) is 0 Å². The molecule has 35 heavy (non-hydrogen) atoms. The van der Waals surface area contributed by atoms with Crippen molar-refractivity contribution in [3.05, 3.63) is 59.7 Å². The van der Waals surface area contributed by atoms with E-state index < -0.39 is 18.1 Å². The van der Waals surface area contributed by atoms with E-state index in [1.165, 1.54) is 0 Å². The minimum Gasteiger partial charge on any atom is -0.481 e. The van der Waals surface area contributed by atoms with E-state index in [1.54, 1.807) is 16.7 Å². The Morgan fingerprint density at radius 2 is 1.77 bits per heavy atom. The summed E-state index contributed by atoms with van der Waals surface area (Å²) in [6.07, 6.45) is 3.94. The van der Waals surface area contributed by atoms with Crippen molar-refractivity contribution in [1.29, 1.82) is 0 Å². The van der Waals surface area contributed by atoms with E-state index in [4.69, 9.17) is 9.84 Å². The molecule has 0 bridgehead atoms. The zero-order valence-corrected chi connectivity index (χ0v) is 20.8. The number of carbonyl (C=O) groups excluding carboxylic acids is 2. The summed E-state index contributed by atoms with van der Waals surface area (Å²) < 4.78 is 5.66. The predicted octanol–water partition coefficient (Wildman–Crippen LogP) is 4.50. The number of carboxylic acid groups (broad SMARTS) is 1. The number of thioether (sulfide) groups is 1. The van der Waals surface area contributed by atoms with Gasteiger partial charge in [0.1, 0.15) is 12.6 Å². The Hall–Kier alpha value is -3.00. The smallest absolute Gasteiger partial charge is 0.407 e. The number of alkyl carbamates (subject to hydrolysis) is 1. The molecule has 2 N–H and O–H groups in total. The number of ether oxygens (including phenoxy) is 1. The second-order valence-electron chi connectivity index (χ2n) is 9.06. The lowest BCUT2D eigenvalue weighted by atomic mass is 9.98. The highest BCUT2D eigenvalue weighted by atomic mass is 32.2. The Morgan fingerprint density at radius 1 is 1.11 bits per heavy atom. The third-order valence-electron chi connectivity index (χ3n) is 6.90. The number of benzene rings is 2. The maximum Gasteiger partial charge on any atom is 0.407 e. The van der Waals surface area contributed by atoms with Crippen molar-refractivity contribution in [3.63, 3.8) is 0 Å². The quantitative estimate of drug-likeness (QED) is 0.503. The summed E-state index contributed by atoms with van der Waals surface area (Å²) in [7, 11) is 0. The molecule has 2 aromatic rings. The SMILES string of the molecule is CSCC[C@@H](NC(=O)OCC1c2ccccc2-c2ccccc21)C(=O)N1CCCC1CCC(=O)O. The maximum atomic E-state index is 13.3. The fraction of sp³-hybridized carbons (Fsp3) is 0.444. The Kier molecular flexibility index (Phi) is 8.33. The Labute approximate surface area is 210 Å². The van der Waals surface area contributed by atoms with Crippen molar-refractivity contribution in [2.75, 3.05) is 25.2 Å². The molecule has 1 saturated heterocycles. The number of hydrogen-bond acceptors (Lipinski definition) is 5. The molecule has 2 amide bonds. The first-order valence-corrected chi connectivity index (χ1v) is 13.5. The van der Waals surface area contributed by atoms with Gasteiger partial charge in [-0.25, -0.2) is 4.79 Å². The molecule has 1 fully saturated rings. The van der Waals surface area contributed by atoms with Crippen LogP contribution >= 0.6 is 11.8 Å². The molecule has 186 valence electrons. The Morgan fingerprint density at radius 3 is 2.40 bits per heavy atom. The first-order chi connectivity index (χ1) is 17.0. The third-order valence-corrected chi connectivity index (χ3v) is 7.54. The van der Waals surface area contributed by atoms with Gasteiger partial charge in [-0.05, 0) is 59.9 Å². The fourth-order valence-electron chi connectivity index (χ4n) is 5.19. The van der Waals surface area contributed by atoms with Crippen LogP contribution in [-0.2, 0) is 14.3 Å². The monoisotopic (exact) mass is 496 g/mol. The summed E-state index contributed by atoms with van der Waals surface area (Å²) in [5, 5.41) is 11.8. The van der Waals surface area contributed by atoms with E-state index in [-0.39, 0.29) is 30.9 Å². The van der Waals surface area contributed by atoms with Gasteiger partial charge in [0.05, 0.1) is 0 Å². The van der Waals surface area contributed by atoms with Gasteiger partial charge in [-0.2, -0.15) is 11.8 Å². The number of likely N-dealkylation sites (tertiary alicyclic amines) is 1. The first-order valence-electron chi connectivity index (χ1n) is 12.1. The molecule has 0 spiro atoms. The van der Waals surface area contributed by atoms with Crippen molar-refractivity contribution in [2.24, 2.45) is 0 Å². The van der Waals surface area contributed by atoms with Crippen LogP contribution in [0.25, 0.3) is 11.1 Å². The molecule has 2 atom stereocenters. The van der Waals surface area contributed by atoms with Crippen LogP contribution in [0.4, 0.5) is 4.79 Å². The van der Waals surface area contributed by atoms with Gasteiger partial charge in [0.2, 0.25) is 5.91 Å². The number of carboxylic acids is 1. The molecule has 1 aliphatic heterocycles. The summed E-state index contributed by atoms with van der Waals surface area (Å²) in [5.41, 5.74) is 4.59. The van der Waals surface area contributed by atoms with Crippen LogP contribution in [0.2, 0.25) is 0 Å². The van der Waals surface area contributed by atoms with Gasteiger partial charge < -0.3 is 20.1 Å². The number of nitrogens with zero attached hydrogens (tertiary/aromatic N) is 1. The first kappa shape index (κ1) is 25.1. The molecule has 2 aromatic carbocycles. The van der Waals surface area contributed by atoms with Crippen LogP contribution in [0.1, 0.15) is 49.1 Å². The van der Waals surface area contributed by atoms with E-state index in [0.29, 0.717) is 25.1 Å². The van der Waals surface area contributed by atoms with Gasteiger partial charge in [-0.3, -0.25) is 9.59 Å². The van der Waals surface area contributed by atoms with Crippen molar-refractivity contribution in [3.8, 4) is 11.1 Å². The van der Waals surface area contributed by atoms with Gasteiger partial charge in [-0.15, -0.1) is 0 Å². The highest BCUT2D eigenvalue weighted by Gasteiger charge is 2.34. The minimum absolute atomic E-state index is 0.0315. The van der Waals surface area contributed by atoms with E-state index in [0.717, 1.165) is 35.1 Å². The highest BCUT2D eigenvalue weighted by Crippen LogP contribution is 2.44. The Balaban J connectivity index is 1.40. The van der Waals surface area contributed by atoms with Crippen LogP contribution in [0, 0.1) is 0 Å². The average molecular weight is 497 g/mol. The lowest BCUT2D eigenvalue weighted by Crippen LogP contribution is -2.50. The summed E-state index contributed by atoms with van der Waals surface area (Å²) in [4.78, 5) is 38.9. The lowest BCUT2D eigenvalue weighted by Gasteiger charge is -2.29. The normalized spacial score (nSPS) is 17.5. The van der Waals surface area contributed by atoms with E-state index in [1.807, 2.05) is 30.5 Å². The molecule has 0 aromatic heterocycles. The second-order valence-corrected chi connectivity index (χ2v) is 10.0. The molecule has 1 unspecified atom stereocenters. The molecule has 2 aliphatic rings. The largest absolute Gasteiger partial charge is 0.481 e. The van der Waals surface area contributed by atoms with Crippen molar-refractivity contribution < 1.29 is 24.2 Å². The number of hydrogen-bond donors (Lipinski definition) is 2. The molecular formula is C27H32N2O5S. The third kappa shape index (κ3) is 5.81. The van der Waals surface area contributed by atoms with Crippen LogP contribution < -0.4 is 5.32 Å². The zero-order chi connectivity index (χ0) is 24.8. The summed E-state index contributed by atoms with van der Waals surface area (Å²) in [6, 6.07) is 15.5. The molecule has 1 heterocycles. The lowest BCUT2D eigenvalue weighted by molar-refractivity contribution is -0.139. The molecule has 0 radical (unpaired) electrons. The maximum absolute atomic E-state index is 13.3. The van der Waals surface area contributed by atoms with Crippen molar-refractivity contribution in [2.45, 2.75) is 50.1 Å². The molecule has 1 aliphatic carbocycles.